The summed E-state index contributed by atoms with van der Waals surface area (Å²) in [4.78, 5) is 13.0. The normalized spacial score (nSPS) is 14.1. The minimum absolute atomic E-state index is 0.0772. The van der Waals surface area contributed by atoms with Crippen LogP contribution in [-0.4, -0.2) is 33.6 Å². The van der Waals surface area contributed by atoms with E-state index in [0.29, 0.717) is 17.9 Å². The van der Waals surface area contributed by atoms with Crippen molar-refractivity contribution in [3.05, 3.63) is 96.1 Å². The van der Waals surface area contributed by atoms with Gasteiger partial charge in [-0.3, -0.25) is 4.79 Å². The Morgan fingerprint density at radius 3 is 2.12 bits per heavy atom. The number of benzene rings is 5. The van der Waals surface area contributed by atoms with Crippen molar-refractivity contribution in [1.82, 2.24) is 0 Å². The predicted octanol–water partition coefficient (Wildman–Crippen LogP) is 8.06. The first-order chi connectivity index (χ1) is 19.4. The maximum Gasteiger partial charge on any atom is 0.188 e. The van der Waals surface area contributed by atoms with E-state index >= 15 is 0 Å². The Morgan fingerprint density at radius 1 is 0.700 bits per heavy atom. The molecule has 5 heteroatoms. The molecule has 0 N–H and O–H groups in total. The average Bonchev–Trinajstić information content (AvgIpc) is 3.20. The van der Waals surface area contributed by atoms with Crippen LogP contribution < -0.4 is 9.47 Å². The average molecular weight is 533 g/mol. The molecule has 40 heavy (non-hydrogen) atoms. The highest BCUT2D eigenvalue weighted by atomic mass is 16.7. The number of carbonyl (C=O) groups excluding carboxylic acids is 1. The van der Waals surface area contributed by atoms with Crippen LogP contribution in [0.3, 0.4) is 0 Å². The molecule has 0 aromatic heterocycles. The number of hydrogen-bond donors (Lipinski definition) is 0. The summed E-state index contributed by atoms with van der Waals surface area (Å²) in [6, 6.07) is 28.9. The van der Waals surface area contributed by atoms with Gasteiger partial charge in [0.05, 0.1) is 0 Å². The molecule has 0 radical (unpaired) electrons. The fourth-order valence-corrected chi connectivity index (χ4v) is 5.86. The zero-order chi connectivity index (χ0) is 27.9. The molecule has 0 saturated heterocycles. The minimum Gasteiger partial charge on any atom is -0.467 e. The molecule has 0 atom stereocenters. The summed E-state index contributed by atoms with van der Waals surface area (Å²) in [6.07, 6.45) is 0.710. The van der Waals surface area contributed by atoms with Crippen molar-refractivity contribution in [2.24, 2.45) is 5.41 Å². The summed E-state index contributed by atoms with van der Waals surface area (Å²) in [7, 11) is 3.23. The minimum atomic E-state index is -0.401. The largest absolute Gasteiger partial charge is 0.467 e. The zero-order valence-electron chi connectivity index (χ0n) is 23.2. The van der Waals surface area contributed by atoms with E-state index < -0.39 is 5.41 Å². The molecular formula is C35H32O5. The van der Waals surface area contributed by atoms with Gasteiger partial charge < -0.3 is 18.9 Å². The summed E-state index contributed by atoms with van der Waals surface area (Å²) in [5.74, 6) is 1.59. The van der Waals surface area contributed by atoms with Crippen molar-refractivity contribution in [3.8, 4) is 33.8 Å². The summed E-state index contributed by atoms with van der Waals surface area (Å²) < 4.78 is 23.3. The van der Waals surface area contributed by atoms with Crippen LogP contribution in [-0.2, 0) is 15.9 Å². The van der Waals surface area contributed by atoms with Gasteiger partial charge in [0.2, 0.25) is 0 Å². The molecule has 6 rings (SSSR count). The molecule has 5 nitrogen and oxygen atoms in total. The molecule has 0 unspecified atom stereocenters. The summed E-state index contributed by atoms with van der Waals surface area (Å²) in [6.45, 7) is 4.22. The molecule has 0 bridgehead atoms. The topological polar surface area (TPSA) is 54.0 Å². The smallest absolute Gasteiger partial charge is 0.188 e. The van der Waals surface area contributed by atoms with Gasteiger partial charge in [-0.2, -0.15) is 0 Å². The van der Waals surface area contributed by atoms with Gasteiger partial charge in [-0.1, -0.05) is 86.6 Å². The van der Waals surface area contributed by atoms with Gasteiger partial charge in [-0.15, -0.1) is 0 Å². The maximum atomic E-state index is 13.0. The van der Waals surface area contributed by atoms with Crippen molar-refractivity contribution in [2.45, 2.75) is 20.3 Å². The van der Waals surface area contributed by atoms with Crippen molar-refractivity contribution in [2.75, 3.05) is 27.8 Å². The highest BCUT2D eigenvalue weighted by Gasteiger charge is 2.37. The van der Waals surface area contributed by atoms with E-state index in [2.05, 4.69) is 42.5 Å². The van der Waals surface area contributed by atoms with Crippen LogP contribution in [0.25, 0.3) is 43.8 Å². The Labute approximate surface area is 234 Å². The van der Waals surface area contributed by atoms with Gasteiger partial charge in [-0.25, -0.2) is 0 Å². The van der Waals surface area contributed by atoms with Gasteiger partial charge in [0.15, 0.2) is 19.4 Å². The second-order valence-electron chi connectivity index (χ2n) is 10.9. The Morgan fingerprint density at radius 2 is 1.38 bits per heavy atom. The molecule has 0 fully saturated rings. The van der Waals surface area contributed by atoms with Crippen molar-refractivity contribution >= 4 is 27.3 Å². The molecule has 0 heterocycles. The maximum absolute atomic E-state index is 13.0. The van der Waals surface area contributed by atoms with Crippen LogP contribution in [0, 0.1) is 5.41 Å². The lowest BCUT2D eigenvalue weighted by Crippen LogP contribution is -2.18. The number of hydrogen-bond acceptors (Lipinski definition) is 5. The van der Waals surface area contributed by atoms with Gasteiger partial charge in [-0.05, 0) is 51.2 Å². The summed E-state index contributed by atoms with van der Waals surface area (Å²) in [5, 5.41) is 4.24. The second-order valence-corrected chi connectivity index (χ2v) is 10.9. The number of methoxy groups -OCH3 is 2. The number of carbonyl (C=O) groups is 1. The van der Waals surface area contributed by atoms with E-state index in [4.69, 9.17) is 18.9 Å². The molecule has 5 aromatic rings. The molecule has 0 spiro atoms. The Kier molecular flexibility index (Phi) is 6.78. The molecule has 0 aliphatic heterocycles. The van der Waals surface area contributed by atoms with Crippen molar-refractivity contribution < 1.29 is 23.7 Å². The lowest BCUT2D eigenvalue weighted by molar-refractivity contribution is 0.0504. The number of fused-ring (bicyclic) bond motifs is 3. The van der Waals surface area contributed by atoms with Crippen LogP contribution >= 0.6 is 0 Å². The fourth-order valence-electron chi connectivity index (χ4n) is 5.86. The first-order valence-corrected chi connectivity index (χ1v) is 13.4. The van der Waals surface area contributed by atoms with E-state index in [9.17, 15) is 4.79 Å². The molecule has 1 aliphatic carbocycles. The van der Waals surface area contributed by atoms with E-state index in [1.54, 1.807) is 14.2 Å². The van der Waals surface area contributed by atoms with Crippen LogP contribution in [0.15, 0.2) is 84.9 Å². The predicted molar refractivity (Wildman–Crippen MR) is 159 cm³/mol. The Bertz CT molecular complexity index is 1750. The fraction of sp³-hybridized carbons (Fsp3) is 0.229. The van der Waals surface area contributed by atoms with E-state index in [1.807, 2.05) is 56.3 Å². The van der Waals surface area contributed by atoms with Crippen molar-refractivity contribution in [3.63, 3.8) is 0 Å². The number of Topliss-reactive ketones (excluding diaryl/α,β-unsaturated/α-hetero) is 1. The highest BCUT2D eigenvalue weighted by molar-refractivity contribution is 6.12. The van der Waals surface area contributed by atoms with E-state index in [-0.39, 0.29) is 19.4 Å². The van der Waals surface area contributed by atoms with E-state index in [0.717, 1.165) is 54.9 Å². The summed E-state index contributed by atoms with van der Waals surface area (Å²) in [5.41, 5.74) is 5.23. The molecule has 0 saturated carbocycles. The standard InChI is InChI=1S/C35H32O5/c1-35(2)19-25-17-24(13-15-28(25)34(35)36)29-18-23-10-6-8-12-27(23)32(33(29)40-21-38-4)31-26-11-7-5-9-22(26)14-16-30(31)39-20-37-3/h5-18H,19-21H2,1-4H3. The number of ether oxygens (including phenoxy) is 4. The van der Waals surface area contributed by atoms with Crippen LogP contribution in [0.4, 0.5) is 0 Å². The monoisotopic (exact) mass is 532 g/mol. The van der Waals surface area contributed by atoms with Crippen molar-refractivity contribution in [1.29, 1.82) is 0 Å². The highest BCUT2D eigenvalue weighted by Crippen LogP contribution is 2.50. The van der Waals surface area contributed by atoms with Gasteiger partial charge in [0, 0.05) is 41.9 Å². The van der Waals surface area contributed by atoms with Crippen LogP contribution in [0.5, 0.6) is 11.5 Å². The third-order valence-corrected chi connectivity index (χ3v) is 7.70. The second kappa shape index (κ2) is 10.4. The number of rotatable bonds is 8. The molecule has 202 valence electrons. The molecule has 1 aliphatic rings. The first kappa shape index (κ1) is 26.1. The third kappa shape index (κ3) is 4.41. The first-order valence-electron chi connectivity index (χ1n) is 13.4. The summed E-state index contributed by atoms with van der Waals surface area (Å²) >= 11 is 0. The Hall–Kier alpha value is -4.19. The van der Waals surface area contributed by atoms with Gasteiger partial charge in [0.25, 0.3) is 0 Å². The molecule has 5 aromatic carbocycles. The van der Waals surface area contributed by atoms with Gasteiger partial charge in [0.1, 0.15) is 11.5 Å². The molecule has 0 amide bonds. The third-order valence-electron chi connectivity index (χ3n) is 7.70. The number of ketones is 1. The van der Waals surface area contributed by atoms with Crippen LogP contribution in [0.1, 0.15) is 29.8 Å². The van der Waals surface area contributed by atoms with E-state index in [1.165, 1.54) is 0 Å². The zero-order valence-corrected chi connectivity index (χ0v) is 23.2. The Balaban J connectivity index is 1.69. The lowest BCUT2D eigenvalue weighted by Gasteiger charge is -2.22. The van der Waals surface area contributed by atoms with Crippen LogP contribution in [0.2, 0.25) is 0 Å². The van der Waals surface area contributed by atoms with Gasteiger partial charge >= 0.3 is 0 Å². The quantitative estimate of drug-likeness (QED) is 0.189. The SMILES string of the molecule is COCOc1ccc2ccccc2c1-c1c(OCOC)c(-c2ccc3c(c2)CC(C)(C)C3=O)cc2ccccc12. The molecular weight excluding hydrogens is 500 g/mol. The lowest BCUT2D eigenvalue weighted by atomic mass is 9.88.